The van der Waals surface area contributed by atoms with Crippen LogP contribution >= 0.6 is 0 Å². The van der Waals surface area contributed by atoms with Crippen LogP contribution in [0, 0.1) is 5.92 Å². The Morgan fingerprint density at radius 1 is 0.783 bits per heavy atom. The minimum atomic E-state index is 0.496. The Labute approximate surface area is 141 Å². The van der Waals surface area contributed by atoms with E-state index in [1.165, 1.54) is 12.0 Å². The Morgan fingerprint density at radius 2 is 1.35 bits per heavy atom. The molecule has 0 spiro atoms. The van der Waals surface area contributed by atoms with E-state index in [1.807, 2.05) is 0 Å². The molecule has 1 heterocycles. The molecule has 4 nitrogen and oxygen atoms in total. The first-order valence-corrected chi connectivity index (χ1v) is 9.19. The van der Waals surface area contributed by atoms with Crippen molar-refractivity contribution >= 4 is 0 Å². The van der Waals surface area contributed by atoms with Crippen molar-refractivity contribution < 1.29 is 0 Å². The lowest BCUT2D eigenvalue weighted by Crippen LogP contribution is -2.48. The van der Waals surface area contributed by atoms with Crippen molar-refractivity contribution in [3.8, 4) is 0 Å². The smallest absolute Gasteiger partial charge is 0.00854 e. The predicted molar refractivity (Wildman–Crippen MR) is 98.9 cm³/mol. The van der Waals surface area contributed by atoms with Gasteiger partial charge in [-0.3, -0.25) is 0 Å². The molecular weight excluding hydrogens is 284 g/mol. The zero-order chi connectivity index (χ0) is 16.3. The Balaban J connectivity index is 1.96. The highest BCUT2D eigenvalue weighted by Gasteiger charge is 2.23. The van der Waals surface area contributed by atoms with E-state index in [1.54, 1.807) is 0 Å². The van der Waals surface area contributed by atoms with Gasteiger partial charge in [-0.15, -0.1) is 0 Å². The summed E-state index contributed by atoms with van der Waals surface area (Å²) in [4.78, 5) is 0. The van der Waals surface area contributed by atoms with Crippen LogP contribution in [0.2, 0.25) is 0 Å². The van der Waals surface area contributed by atoms with Crippen molar-refractivity contribution in [2.75, 3.05) is 39.3 Å². The number of rotatable bonds is 2. The van der Waals surface area contributed by atoms with Crippen LogP contribution in [0.15, 0.2) is 30.3 Å². The molecule has 0 radical (unpaired) electrons. The van der Waals surface area contributed by atoms with Crippen LogP contribution < -0.4 is 21.3 Å². The second-order valence-corrected chi connectivity index (χ2v) is 6.69. The normalized spacial score (nSPS) is 28.9. The molecule has 1 fully saturated rings. The van der Waals surface area contributed by atoms with Gasteiger partial charge in [0.1, 0.15) is 0 Å². The summed E-state index contributed by atoms with van der Waals surface area (Å²) < 4.78 is 0. The molecule has 4 heteroatoms. The van der Waals surface area contributed by atoms with E-state index in [0.717, 1.165) is 45.7 Å². The van der Waals surface area contributed by atoms with Crippen molar-refractivity contribution in [2.24, 2.45) is 5.92 Å². The largest absolute Gasteiger partial charge is 0.315 e. The molecule has 23 heavy (non-hydrogen) atoms. The Kier molecular flexibility index (Phi) is 8.61. The summed E-state index contributed by atoms with van der Waals surface area (Å²) in [5.41, 5.74) is 1.43. The van der Waals surface area contributed by atoms with Gasteiger partial charge >= 0.3 is 0 Å². The number of benzene rings is 1. The van der Waals surface area contributed by atoms with E-state index in [0.29, 0.717) is 18.0 Å². The van der Waals surface area contributed by atoms with Crippen LogP contribution in [0.1, 0.15) is 25.8 Å². The fourth-order valence-electron chi connectivity index (χ4n) is 3.34. The van der Waals surface area contributed by atoms with E-state index in [2.05, 4.69) is 65.4 Å². The van der Waals surface area contributed by atoms with Crippen molar-refractivity contribution in [2.45, 2.75) is 38.8 Å². The molecular formula is C19H34N4. The molecule has 1 aromatic rings. The van der Waals surface area contributed by atoms with Gasteiger partial charge in [-0.25, -0.2) is 0 Å². The van der Waals surface area contributed by atoms with Crippen molar-refractivity contribution in [1.82, 2.24) is 21.3 Å². The Bertz CT molecular complexity index is 391. The summed E-state index contributed by atoms with van der Waals surface area (Å²) in [5.74, 6) is 0.584. The van der Waals surface area contributed by atoms with E-state index in [4.69, 9.17) is 0 Å². The first-order valence-electron chi connectivity index (χ1n) is 9.19. The summed E-state index contributed by atoms with van der Waals surface area (Å²) in [5, 5.41) is 14.5. The highest BCUT2D eigenvalue weighted by atomic mass is 15.0. The van der Waals surface area contributed by atoms with Gasteiger partial charge < -0.3 is 21.3 Å². The van der Waals surface area contributed by atoms with Gasteiger partial charge in [0, 0.05) is 38.3 Å². The summed E-state index contributed by atoms with van der Waals surface area (Å²) in [6.45, 7) is 11.0. The Hall–Kier alpha value is -0.940. The molecule has 1 saturated heterocycles. The summed E-state index contributed by atoms with van der Waals surface area (Å²) in [6.07, 6.45) is 2.31. The average Bonchev–Trinajstić information content (AvgIpc) is 2.57. The molecule has 0 aromatic heterocycles. The first-order chi connectivity index (χ1) is 11.3. The second-order valence-electron chi connectivity index (χ2n) is 6.69. The molecule has 1 aliphatic heterocycles. The highest BCUT2D eigenvalue weighted by molar-refractivity contribution is 5.16. The maximum absolute atomic E-state index is 3.72. The topological polar surface area (TPSA) is 48.1 Å². The summed E-state index contributed by atoms with van der Waals surface area (Å²) >= 11 is 0. The average molecular weight is 319 g/mol. The van der Waals surface area contributed by atoms with Gasteiger partial charge in [0.25, 0.3) is 0 Å². The van der Waals surface area contributed by atoms with Gasteiger partial charge in [0.15, 0.2) is 0 Å². The summed E-state index contributed by atoms with van der Waals surface area (Å²) in [6, 6.07) is 11.9. The van der Waals surface area contributed by atoms with Crippen molar-refractivity contribution in [1.29, 1.82) is 0 Å². The minimum Gasteiger partial charge on any atom is -0.315 e. The highest BCUT2D eigenvalue weighted by Crippen LogP contribution is 2.17. The van der Waals surface area contributed by atoms with Gasteiger partial charge in [0.2, 0.25) is 0 Å². The van der Waals surface area contributed by atoms with Gasteiger partial charge in [-0.05, 0) is 51.3 Å². The third kappa shape index (κ3) is 7.00. The minimum absolute atomic E-state index is 0.496. The van der Waals surface area contributed by atoms with Crippen LogP contribution in [-0.2, 0) is 6.42 Å². The van der Waals surface area contributed by atoms with Gasteiger partial charge in [-0.1, -0.05) is 30.3 Å². The number of nitrogens with one attached hydrogen (secondary N) is 4. The second kappa shape index (κ2) is 10.8. The fourth-order valence-corrected chi connectivity index (χ4v) is 3.34. The fraction of sp³-hybridized carbons (Fsp3) is 0.684. The van der Waals surface area contributed by atoms with E-state index < -0.39 is 0 Å². The van der Waals surface area contributed by atoms with Crippen LogP contribution in [0.4, 0.5) is 0 Å². The van der Waals surface area contributed by atoms with E-state index in [-0.39, 0.29) is 0 Å². The molecule has 0 bridgehead atoms. The predicted octanol–water partition coefficient (Wildman–Crippen LogP) is 1.38. The molecule has 0 amide bonds. The first kappa shape index (κ1) is 18.4. The Morgan fingerprint density at radius 3 is 1.91 bits per heavy atom. The number of hydrogen-bond donors (Lipinski definition) is 4. The van der Waals surface area contributed by atoms with Crippen LogP contribution in [0.3, 0.4) is 0 Å². The lowest BCUT2D eigenvalue weighted by molar-refractivity contribution is 0.289. The SMILES string of the molecule is CC1NCCNCCCNCCNC(C)C1Cc1ccccc1. The van der Waals surface area contributed by atoms with Crippen LogP contribution in [-0.4, -0.2) is 51.4 Å². The standard InChI is InChI=1S/C19H34N4/c1-16-19(15-18-7-4-3-5-8-18)17(2)23-14-12-21-10-6-9-20-11-13-22-16/h3-5,7-8,16-17,19-23H,6,9-15H2,1-2H3. The quantitative estimate of drug-likeness (QED) is 0.665. The van der Waals surface area contributed by atoms with Crippen molar-refractivity contribution in [3.63, 3.8) is 0 Å². The molecule has 2 unspecified atom stereocenters. The van der Waals surface area contributed by atoms with Gasteiger partial charge in [0.05, 0.1) is 0 Å². The zero-order valence-electron chi connectivity index (χ0n) is 14.8. The van der Waals surface area contributed by atoms with E-state index in [9.17, 15) is 0 Å². The molecule has 1 aromatic carbocycles. The maximum atomic E-state index is 3.72. The molecule has 0 saturated carbocycles. The molecule has 1 aliphatic rings. The maximum Gasteiger partial charge on any atom is 0.00854 e. The lowest BCUT2D eigenvalue weighted by Gasteiger charge is -2.32. The van der Waals surface area contributed by atoms with Crippen molar-refractivity contribution in [3.05, 3.63) is 35.9 Å². The number of hydrogen-bond acceptors (Lipinski definition) is 4. The molecule has 2 rings (SSSR count). The lowest BCUT2D eigenvalue weighted by atomic mass is 9.87. The van der Waals surface area contributed by atoms with E-state index >= 15 is 0 Å². The third-order valence-electron chi connectivity index (χ3n) is 4.84. The zero-order valence-corrected chi connectivity index (χ0v) is 14.8. The van der Waals surface area contributed by atoms with Crippen LogP contribution in [0.25, 0.3) is 0 Å². The van der Waals surface area contributed by atoms with Crippen LogP contribution in [0.5, 0.6) is 0 Å². The summed E-state index contributed by atoms with van der Waals surface area (Å²) in [7, 11) is 0. The molecule has 4 N–H and O–H groups in total. The molecule has 2 atom stereocenters. The third-order valence-corrected chi connectivity index (χ3v) is 4.84. The molecule has 130 valence electrons. The monoisotopic (exact) mass is 318 g/mol. The van der Waals surface area contributed by atoms with Gasteiger partial charge in [-0.2, -0.15) is 0 Å². The molecule has 0 aliphatic carbocycles.